The number of carbonyl (C=O) groups excluding carboxylic acids is 1. The van der Waals surface area contributed by atoms with Gasteiger partial charge in [-0.25, -0.2) is 0 Å². The van der Waals surface area contributed by atoms with Crippen molar-refractivity contribution in [2.45, 2.75) is 57.7 Å². The third-order valence-corrected chi connectivity index (χ3v) is 12.4. The summed E-state index contributed by atoms with van der Waals surface area (Å²) in [5.74, 6) is -0.520. The van der Waals surface area contributed by atoms with Crippen LogP contribution in [0.25, 0.3) is 22.0 Å². The van der Waals surface area contributed by atoms with Crippen molar-refractivity contribution in [2.75, 3.05) is 52.4 Å². The number of piperazine rings is 1. The lowest BCUT2D eigenvalue weighted by Crippen LogP contribution is -2.61. The topological polar surface area (TPSA) is 106 Å². The molecule has 0 aliphatic carbocycles. The quantitative estimate of drug-likeness (QED) is 0.0322. The van der Waals surface area contributed by atoms with Crippen molar-refractivity contribution < 1.29 is 27.8 Å². The fourth-order valence-corrected chi connectivity index (χ4v) is 8.91. The first-order valence-corrected chi connectivity index (χ1v) is 22.1. The van der Waals surface area contributed by atoms with E-state index in [1.165, 1.54) is 18.2 Å². The van der Waals surface area contributed by atoms with E-state index in [-0.39, 0.29) is 17.4 Å². The van der Waals surface area contributed by atoms with Crippen LogP contribution in [0.3, 0.4) is 0 Å². The minimum atomic E-state index is -4.79. The summed E-state index contributed by atoms with van der Waals surface area (Å²) in [6, 6.07) is 17.9. The van der Waals surface area contributed by atoms with E-state index in [1.807, 2.05) is 43.5 Å². The highest BCUT2D eigenvalue weighted by Gasteiger charge is 2.39. The van der Waals surface area contributed by atoms with Crippen LogP contribution in [0.4, 0.5) is 13.2 Å². The minimum absolute atomic E-state index is 0.0949. The molecule has 0 spiro atoms. The summed E-state index contributed by atoms with van der Waals surface area (Å²) in [5, 5.41) is 22.3. The predicted molar refractivity (Wildman–Crippen MR) is 253 cm³/mol. The molecule has 0 bridgehead atoms. The van der Waals surface area contributed by atoms with Crippen molar-refractivity contribution in [3.8, 4) is 16.9 Å². The molecule has 64 heavy (non-hydrogen) atoms. The molecule has 2 aliphatic rings. The SMILES string of the molecule is C=CC(=C\C(=C)O)/C(N=C)=C(/C=C\C)CNC1(C(=O)NCCCn2cc(-c3ccc(OC(F)(F)F)cc3)c3cc(CN4CCN(Cc5c(Cl)cccc5Cl)CC4)ccc32)CCNCC1. The third kappa shape index (κ3) is 12.6. The molecule has 0 radical (unpaired) electrons. The number of piperidine rings is 1. The first kappa shape index (κ1) is 48.3. The number of ether oxygens (including phenoxy) is 1. The van der Waals surface area contributed by atoms with Crippen LogP contribution in [0.15, 0.2) is 132 Å². The van der Waals surface area contributed by atoms with Gasteiger partial charge in [0.2, 0.25) is 5.91 Å². The molecule has 3 heterocycles. The monoisotopic (exact) mass is 917 g/mol. The Morgan fingerprint density at radius 1 is 1.02 bits per heavy atom. The van der Waals surface area contributed by atoms with Gasteiger partial charge in [-0.3, -0.25) is 24.9 Å². The Morgan fingerprint density at radius 2 is 1.69 bits per heavy atom. The second-order valence-electron chi connectivity index (χ2n) is 16.0. The molecule has 15 heteroatoms. The summed E-state index contributed by atoms with van der Waals surface area (Å²) in [6.07, 6.45) is 5.83. The average molecular weight is 919 g/mol. The average Bonchev–Trinajstić information content (AvgIpc) is 3.63. The van der Waals surface area contributed by atoms with Gasteiger partial charge in [0, 0.05) is 103 Å². The van der Waals surface area contributed by atoms with Gasteiger partial charge in [-0.05, 0) is 105 Å². The highest BCUT2D eigenvalue weighted by atomic mass is 35.5. The van der Waals surface area contributed by atoms with Crippen molar-refractivity contribution in [3.05, 3.63) is 148 Å². The van der Waals surface area contributed by atoms with Gasteiger partial charge in [0.1, 0.15) is 17.0 Å². The van der Waals surface area contributed by atoms with Crippen molar-refractivity contribution in [3.63, 3.8) is 0 Å². The van der Waals surface area contributed by atoms with E-state index in [2.05, 4.69) is 78.1 Å². The zero-order chi connectivity index (χ0) is 45.9. The van der Waals surface area contributed by atoms with Crippen LogP contribution in [-0.4, -0.2) is 96.4 Å². The van der Waals surface area contributed by atoms with Gasteiger partial charge >= 0.3 is 6.36 Å². The number of hydrogen-bond acceptors (Lipinski definition) is 8. The summed E-state index contributed by atoms with van der Waals surface area (Å²) < 4.78 is 45.3. The number of fused-ring (bicyclic) bond motifs is 1. The van der Waals surface area contributed by atoms with Crippen LogP contribution in [0.2, 0.25) is 10.0 Å². The number of nitrogens with one attached hydrogen (secondary N) is 3. The maximum atomic E-state index is 14.1. The van der Waals surface area contributed by atoms with Gasteiger partial charge in [0.05, 0.1) is 5.70 Å². The second kappa shape index (κ2) is 22.2. The second-order valence-corrected chi connectivity index (χ2v) is 16.8. The number of carbonyl (C=O) groups is 1. The van der Waals surface area contributed by atoms with Gasteiger partial charge in [-0.15, -0.1) is 13.2 Å². The van der Waals surface area contributed by atoms with Gasteiger partial charge in [0.15, 0.2) is 0 Å². The van der Waals surface area contributed by atoms with Crippen molar-refractivity contribution in [1.29, 1.82) is 0 Å². The number of aryl methyl sites for hydroxylation is 1. The molecule has 6 rings (SSSR count). The van der Waals surface area contributed by atoms with E-state index in [4.69, 9.17) is 23.2 Å². The zero-order valence-electron chi connectivity index (χ0n) is 36.1. The summed E-state index contributed by atoms with van der Waals surface area (Å²) in [6.45, 7) is 20.6. The number of nitrogens with zero attached hydrogens (tertiary/aromatic N) is 4. The lowest BCUT2D eigenvalue weighted by atomic mass is 9.86. The van der Waals surface area contributed by atoms with Crippen molar-refractivity contribution in [1.82, 2.24) is 30.3 Å². The van der Waals surface area contributed by atoms with E-state index in [9.17, 15) is 23.1 Å². The van der Waals surface area contributed by atoms with Crippen LogP contribution in [-0.2, 0) is 24.4 Å². The maximum absolute atomic E-state index is 14.1. The fraction of sp³-hybridized carbons (Fsp3) is 0.347. The molecule has 3 aromatic carbocycles. The highest BCUT2D eigenvalue weighted by molar-refractivity contribution is 6.36. The van der Waals surface area contributed by atoms with E-state index in [0.29, 0.717) is 79.8 Å². The maximum Gasteiger partial charge on any atom is 0.573 e. The number of aliphatic hydroxyl groups excluding tert-OH is 1. The molecule has 4 aromatic rings. The molecule has 0 atom stereocenters. The summed E-state index contributed by atoms with van der Waals surface area (Å²) in [7, 11) is 0. The van der Waals surface area contributed by atoms with Crippen LogP contribution >= 0.6 is 23.2 Å². The zero-order valence-corrected chi connectivity index (χ0v) is 37.6. The first-order chi connectivity index (χ1) is 30.7. The highest BCUT2D eigenvalue weighted by Crippen LogP contribution is 2.34. The number of hydrogen-bond donors (Lipinski definition) is 4. The molecule has 4 N–H and O–H groups in total. The van der Waals surface area contributed by atoms with Crippen LogP contribution < -0.4 is 20.7 Å². The molecule has 0 unspecified atom stereocenters. The summed E-state index contributed by atoms with van der Waals surface area (Å²) >= 11 is 12.9. The minimum Gasteiger partial charge on any atom is -0.509 e. The molecule has 10 nitrogen and oxygen atoms in total. The predicted octanol–water partition coefficient (Wildman–Crippen LogP) is 9.76. The lowest BCUT2D eigenvalue weighted by Gasteiger charge is -2.37. The largest absolute Gasteiger partial charge is 0.573 e. The van der Waals surface area contributed by atoms with Gasteiger partial charge in [-0.2, -0.15) is 0 Å². The molecule has 2 aliphatic heterocycles. The summed E-state index contributed by atoms with van der Waals surface area (Å²) in [5.41, 5.74) is 5.68. The molecular formula is C49H56Cl2F3N7O3. The Kier molecular flexibility index (Phi) is 16.7. The van der Waals surface area contributed by atoms with Crippen LogP contribution in [0.5, 0.6) is 5.75 Å². The first-order valence-electron chi connectivity index (χ1n) is 21.4. The lowest BCUT2D eigenvalue weighted by molar-refractivity contribution is -0.274. The van der Waals surface area contributed by atoms with E-state index in [1.54, 1.807) is 18.2 Å². The third-order valence-electron chi connectivity index (χ3n) is 11.7. The number of allylic oxidation sites excluding steroid dienone is 3. The number of halogens is 5. The van der Waals surface area contributed by atoms with Crippen molar-refractivity contribution >= 4 is 46.7 Å². The van der Waals surface area contributed by atoms with E-state index in [0.717, 1.165) is 71.5 Å². The molecule has 0 saturated carbocycles. The molecule has 1 aromatic heterocycles. The standard InChI is InChI=1S/C49H56Cl2F3N7O3/c1-5-9-38(46(55-4)36(6-2)28-34(3)62)30-58-48(18-21-56-22-19-48)47(63)57-20-8-23-61-33-41(37-13-15-39(16-14-37)64-49(52,53)54)40-29-35(12-17-45(40)61)31-59-24-26-60(27-25-59)32-42-43(50)10-7-11-44(42)51/h5-7,9-17,28-29,33,56,58,62H,2-4,8,18-27,30-32H2,1H3,(H,57,63)/b9-5-,36-28+,46-38+. The molecular weight excluding hydrogens is 862 g/mol. The number of benzene rings is 3. The fourth-order valence-electron chi connectivity index (χ4n) is 8.39. The van der Waals surface area contributed by atoms with E-state index < -0.39 is 11.9 Å². The number of aromatic nitrogens is 1. The van der Waals surface area contributed by atoms with Crippen LogP contribution in [0.1, 0.15) is 37.3 Å². The van der Waals surface area contributed by atoms with Crippen LogP contribution in [0, 0.1) is 0 Å². The molecule has 340 valence electrons. The smallest absolute Gasteiger partial charge is 0.509 e. The Bertz CT molecular complexity index is 2370. The van der Waals surface area contributed by atoms with Crippen molar-refractivity contribution in [2.24, 2.45) is 4.99 Å². The normalized spacial score (nSPS) is 16.8. The summed E-state index contributed by atoms with van der Waals surface area (Å²) in [4.78, 5) is 23.1. The number of amides is 1. The molecule has 2 saturated heterocycles. The molecule has 2 fully saturated rings. The molecule has 1 amide bonds. The van der Waals surface area contributed by atoms with Gasteiger partial charge in [-0.1, -0.05) is 78.9 Å². The Hall–Kier alpha value is -5.15. The Labute approximate surface area is 383 Å². The van der Waals surface area contributed by atoms with Gasteiger partial charge in [0.25, 0.3) is 0 Å². The Morgan fingerprint density at radius 3 is 2.30 bits per heavy atom. The van der Waals surface area contributed by atoms with E-state index >= 15 is 0 Å². The number of rotatable bonds is 19. The Balaban J connectivity index is 1.16. The number of aliphatic imine (C=N–C) groups is 1. The van der Waals surface area contributed by atoms with Gasteiger partial charge < -0.3 is 25.0 Å². The number of alkyl halides is 3. The number of aliphatic hydroxyl groups is 1.